The van der Waals surface area contributed by atoms with E-state index in [1.807, 2.05) is 30.3 Å². The molecule has 5 heteroatoms. The molecule has 0 saturated heterocycles. The summed E-state index contributed by atoms with van der Waals surface area (Å²) in [6.07, 6.45) is 0.993. The van der Waals surface area contributed by atoms with Crippen molar-refractivity contribution >= 4 is 11.8 Å². The Labute approximate surface area is 99.3 Å². The van der Waals surface area contributed by atoms with Gasteiger partial charge in [0.1, 0.15) is 5.82 Å². The molecule has 1 unspecified atom stereocenters. The van der Waals surface area contributed by atoms with Crippen molar-refractivity contribution in [1.29, 1.82) is 0 Å². The summed E-state index contributed by atoms with van der Waals surface area (Å²) in [5.74, 6) is 0.816. The zero-order valence-corrected chi connectivity index (χ0v) is 9.24. The lowest BCUT2D eigenvalue weighted by Gasteiger charge is -2.12. The summed E-state index contributed by atoms with van der Waals surface area (Å²) in [7, 11) is 0. The maximum absolute atomic E-state index is 9.91. The van der Waals surface area contributed by atoms with E-state index in [1.54, 1.807) is 12.3 Å². The van der Waals surface area contributed by atoms with Crippen LogP contribution in [0.5, 0.6) is 0 Å². The van der Waals surface area contributed by atoms with Crippen LogP contribution in [0.25, 0.3) is 0 Å². The highest BCUT2D eigenvalue weighted by Crippen LogP contribution is 2.13. The third-order valence-corrected chi connectivity index (χ3v) is 2.34. The van der Waals surface area contributed by atoms with Crippen LogP contribution >= 0.6 is 0 Å². The fourth-order valence-corrected chi connectivity index (χ4v) is 1.47. The molecule has 0 fully saturated rings. The lowest BCUT2D eigenvalue weighted by molar-refractivity contribution is 0.191. The van der Waals surface area contributed by atoms with E-state index in [4.69, 9.17) is 5.73 Å². The number of hydrogen-bond donors (Lipinski definition) is 3. The van der Waals surface area contributed by atoms with Crippen LogP contribution in [0.1, 0.15) is 11.7 Å². The average Bonchev–Trinajstić information content (AvgIpc) is 2.37. The lowest BCUT2D eigenvalue weighted by Crippen LogP contribution is -2.13. The number of benzene rings is 1. The fraction of sp³-hybridized carbons (Fsp3) is 0.167. The van der Waals surface area contributed by atoms with Gasteiger partial charge in [0.25, 0.3) is 0 Å². The Morgan fingerprint density at radius 1 is 1.24 bits per heavy atom. The van der Waals surface area contributed by atoms with Crippen molar-refractivity contribution in [3.05, 3.63) is 48.2 Å². The summed E-state index contributed by atoms with van der Waals surface area (Å²) in [4.78, 5) is 7.77. The Bertz CT molecular complexity index is 475. The summed E-state index contributed by atoms with van der Waals surface area (Å²) in [6.45, 7) is 0.375. The predicted molar refractivity (Wildman–Crippen MR) is 66.3 cm³/mol. The quantitative estimate of drug-likeness (QED) is 0.735. The van der Waals surface area contributed by atoms with Crippen molar-refractivity contribution in [3.63, 3.8) is 0 Å². The van der Waals surface area contributed by atoms with E-state index in [2.05, 4.69) is 15.3 Å². The Morgan fingerprint density at radius 3 is 2.71 bits per heavy atom. The molecule has 4 N–H and O–H groups in total. The molecule has 88 valence electrons. The minimum absolute atomic E-state index is 0.212. The van der Waals surface area contributed by atoms with Gasteiger partial charge in [-0.1, -0.05) is 30.3 Å². The lowest BCUT2D eigenvalue weighted by atomic mass is 10.1. The highest BCUT2D eigenvalue weighted by Gasteiger charge is 2.06. The van der Waals surface area contributed by atoms with E-state index in [9.17, 15) is 5.11 Å². The molecule has 2 rings (SSSR count). The first-order valence-corrected chi connectivity index (χ1v) is 5.31. The highest BCUT2D eigenvalue weighted by molar-refractivity contribution is 5.37. The summed E-state index contributed by atoms with van der Waals surface area (Å²) in [5.41, 5.74) is 6.31. The molecule has 2 aromatic rings. The van der Waals surface area contributed by atoms with Crippen LogP contribution in [0.15, 0.2) is 42.6 Å². The van der Waals surface area contributed by atoms with Crippen LogP contribution in [0.4, 0.5) is 11.8 Å². The van der Waals surface area contributed by atoms with Crippen LogP contribution in [0.3, 0.4) is 0 Å². The number of aromatic nitrogens is 2. The van der Waals surface area contributed by atoms with Crippen molar-refractivity contribution in [3.8, 4) is 0 Å². The molecule has 0 spiro atoms. The minimum atomic E-state index is -0.576. The summed E-state index contributed by atoms with van der Waals surface area (Å²) in [5, 5.41) is 12.9. The van der Waals surface area contributed by atoms with E-state index >= 15 is 0 Å². The monoisotopic (exact) mass is 230 g/mol. The number of aliphatic hydroxyl groups is 1. The molecule has 0 aliphatic carbocycles. The molecular formula is C12H14N4O. The van der Waals surface area contributed by atoms with Crippen LogP contribution in [0.2, 0.25) is 0 Å². The van der Waals surface area contributed by atoms with Crippen molar-refractivity contribution < 1.29 is 5.11 Å². The first-order valence-electron chi connectivity index (χ1n) is 5.31. The van der Waals surface area contributed by atoms with Gasteiger partial charge in [0.05, 0.1) is 6.10 Å². The number of hydrogen-bond acceptors (Lipinski definition) is 5. The van der Waals surface area contributed by atoms with E-state index in [0.717, 1.165) is 5.56 Å². The highest BCUT2D eigenvalue weighted by atomic mass is 16.3. The van der Waals surface area contributed by atoms with Crippen molar-refractivity contribution in [1.82, 2.24) is 9.97 Å². The maximum atomic E-state index is 9.91. The van der Waals surface area contributed by atoms with Crippen LogP contribution < -0.4 is 11.1 Å². The van der Waals surface area contributed by atoms with Gasteiger partial charge in [0.2, 0.25) is 5.95 Å². The first-order chi connectivity index (χ1) is 8.25. The molecule has 0 amide bonds. The zero-order valence-electron chi connectivity index (χ0n) is 9.24. The Hall–Kier alpha value is -2.14. The largest absolute Gasteiger partial charge is 0.387 e. The van der Waals surface area contributed by atoms with Gasteiger partial charge < -0.3 is 16.2 Å². The predicted octanol–water partition coefficient (Wildman–Crippen LogP) is 1.20. The number of nitrogens with one attached hydrogen (secondary N) is 1. The normalized spacial score (nSPS) is 12.1. The Kier molecular flexibility index (Phi) is 3.52. The number of nitrogens with zero attached hydrogens (tertiary/aromatic N) is 2. The van der Waals surface area contributed by atoms with Crippen molar-refractivity contribution in [2.24, 2.45) is 0 Å². The molecule has 0 radical (unpaired) electrons. The number of anilines is 2. The maximum Gasteiger partial charge on any atom is 0.221 e. The third kappa shape index (κ3) is 3.15. The van der Waals surface area contributed by atoms with Gasteiger partial charge in [-0.25, -0.2) is 4.98 Å². The zero-order chi connectivity index (χ0) is 12.1. The van der Waals surface area contributed by atoms with E-state index in [0.29, 0.717) is 12.4 Å². The van der Waals surface area contributed by atoms with Gasteiger partial charge in [0.15, 0.2) is 0 Å². The molecule has 1 heterocycles. The number of rotatable bonds is 4. The van der Waals surface area contributed by atoms with Gasteiger partial charge in [0, 0.05) is 12.7 Å². The standard InChI is InChI=1S/C12H14N4O/c13-12-14-7-6-11(16-12)15-8-10(17)9-4-2-1-3-5-9/h1-7,10,17H,8H2,(H3,13,14,15,16). The molecular weight excluding hydrogens is 216 g/mol. The van der Waals surface area contributed by atoms with Gasteiger partial charge in [-0.3, -0.25) is 0 Å². The van der Waals surface area contributed by atoms with Gasteiger partial charge in [-0.2, -0.15) is 4.98 Å². The van der Waals surface area contributed by atoms with E-state index in [1.165, 1.54) is 0 Å². The smallest absolute Gasteiger partial charge is 0.221 e. The van der Waals surface area contributed by atoms with Crippen LogP contribution in [-0.4, -0.2) is 21.6 Å². The van der Waals surface area contributed by atoms with Crippen LogP contribution in [0, 0.1) is 0 Å². The van der Waals surface area contributed by atoms with E-state index in [-0.39, 0.29) is 5.95 Å². The SMILES string of the molecule is Nc1nccc(NCC(O)c2ccccc2)n1. The first kappa shape index (κ1) is 11.3. The molecule has 1 aromatic carbocycles. The molecule has 17 heavy (non-hydrogen) atoms. The molecule has 0 bridgehead atoms. The Balaban J connectivity index is 1.95. The van der Waals surface area contributed by atoms with Gasteiger partial charge in [-0.05, 0) is 11.6 Å². The molecule has 1 atom stereocenters. The molecule has 0 aliphatic heterocycles. The van der Waals surface area contributed by atoms with E-state index < -0.39 is 6.10 Å². The average molecular weight is 230 g/mol. The third-order valence-electron chi connectivity index (χ3n) is 2.34. The number of aliphatic hydroxyl groups excluding tert-OH is 1. The van der Waals surface area contributed by atoms with Gasteiger partial charge >= 0.3 is 0 Å². The fourth-order valence-electron chi connectivity index (χ4n) is 1.47. The van der Waals surface area contributed by atoms with Crippen molar-refractivity contribution in [2.45, 2.75) is 6.10 Å². The van der Waals surface area contributed by atoms with Crippen LogP contribution in [-0.2, 0) is 0 Å². The Morgan fingerprint density at radius 2 is 2.00 bits per heavy atom. The summed E-state index contributed by atoms with van der Waals surface area (Å²) < 4.78 is 0. The molecule has 1 aromatic heterocycles. The topological polar surface area (TPSA) is 84.1 Å². The number of nitrogen functional groups attached to an aromatic ring is 1. The van der Waals surface area contributed by atoms with Gasteiger partial charge in [-0.15, -0.1) is 0 Å². The summed E-state index contributed by atoms with van der Waals surface area (Å²) >= 11 is 0. The van der Waals surface area contributed by atoms with Crippen molar-refractivity contribution in [2.75, 3.05) is 17.6 Å². The second-order valence-corrected chi connectivity index (χ2v) is 3.61. The molecule has 5 nitrogen and oxygen atoms in total. The molecule has 0 aliphatic rings. The summed E-state index contributed by atoms with van der Waals surface area (Å²) in [6, 6.07) is 11.1. The molecule has 0 saturated carbocycles. The number of nitrogens with two attached hydrogens (primary N) is 1. The second kappa shape index (κ2) is 5.27. The minimum Gasteiger partial charge on any atom is -0.387 e. The second-order valence-electron chi connectivity index (χ2n) is 3.61.